The molecule has 3 N–H and O–H groups in total. The summed E-state index contributed by atoms with van der Waals surface area (Å²) in [5.41, 5.74) is 5.25. The van der Waals surface area contributed by atoms with Crippen LogP contribution in [-0.4, -0.2) is 23.5 Å². The van der Waals surface area contributed by atoms with Crippen molar-refractivity contribution in [3.05, 3.63) is 0 Å². The average molecular weight is 159 g/mol. The Balaban J connectivity index is 4.21. The number of carbonyl (C=O) groups excluding carboxylic acids is 1. The average Bonchev–Trinajstić information content (AvgIpc) is 1.85. The molecule has 3 heteroatoms. The molecule has 0 fully saturated rings. The van der Waals surface area contributed by atoms with Crippen LogP contribution in [0.3, 0.4) is 0 Å². The van der Waals surface area contributed by atoms with Crippen LogP contribution in [0.2, 0.25) is 0 Å². The molecule has 2 unspecified atom stereocenters. The van der Waals surface area contributed by atoms with Crippen LogP contribution in [0.1, 0.15) is 20.8 Å². The van der Waals surface area contributed by atoms with E-state index >= 15 is 0 Å². The van der Waals surface area contributed by atoms with Gasteiger partial charge >= 0.3 is 0 Å². The molecule has 0 saturated heterocycles. The third-order valence-electron chi connectivity index (χ3n) is 1.84. The molecular weight excluding hydrogens is 142 g/mol. The van der Waals surface area contributed by atoms with Gasteiger partial charge in [-0.2, -0.15) is 0 Å². The summed E-state index contributed by atoms with van der Waals surface area (Å²) in [5.74, 6) is -0.135. The Kier molecular flexibility index (Phi) is 4.30. The maximum Gasteiger partial charge on any atom is 0.135 e. The number of aliphatic hydroxyl groups excluding tert-OH is 1. The van der Waals surface area contributed by atoms with E-state index in [-0.39, 0.29) is 24.2 Å². The molecule has 0 rings (SSSR count). The second kappa shape index (κ2) is 4.46. The third-order valence-corrected chi connectivity index (χ3v) is 1.84. The summed E-state index contributed by atoms with van der Waals surface area (Å²) in [6, 6.07) is 0. The summed E-state index contributed by atoms with van der Waals surface area (Å²) in [7, 11) is 0. The molecule has 2 atom stereocenters. The van der Waals surface area contributed by atoms with Crippen molar-refractivity contribution in [2.24, 2.45) is 17.6 Å². The highest BCUT2D eigenvalue weighted by Crippen LogP contribution is 2.15. The van der Waals surface area contributed by atoms with Gasteiger partial charge in [0.05, 0.1) is 6.10 Å². The van der Waals surface area contributed by atoms with Gasteiger partial charge in [0.1, 0.15) is 5.78 Å². The van der Waals surface area contributed by atoms with Crippen LogP contribution in [0.5, 0.6) is 0 Å². The number of Topliss-reactive ketones (excluding diaryl/α,β-unsaturated/α-hetero) is 1. The molecular formula is C8H17NO2. The SMILES string of the molecule is CC(=O)C(C(C)C)C(O)CN. The Morgan fingerprint density at radius 1 is 1.55 bits per heavy atom. The normalized spacial score (nSPS) is 16.5. The number of ketones is 1. The standard InChI is InChI=1S/C8H17NO2/c1-5(2)8(6(3)10)7(11)4-9/h5,7-8,11H,4,9H2,1-3H3. The monoisotopic (exact) mass is 159 g/mol. The molecule has 0 saturated carbocycles. The van der Waals surface area contributed by atoms with Crippen molar-refractivity contribution < 1.29 is 9.90 Å². The smallest absolute Gasteiger partial charge is 0.135 e. The second-order valence-electron chi connectivity index (χ2n) is 3.18. The van der Waals surface area contributed by atoms with Gasteiger partial charge in [0, 0.05) is 12.5 Å². The Hall–Kier alpha value is -0.410. The van der Waals surface area contributed by atoms with E-state index in [1.54, 1.807) is 0 Å². The highest BCUT2D eigenvalue weighted by atomic mass is 16.3. The first kappa shape index (κ1) is 10.6. The van der Waals surface area contributed by atoms with Gasteiger partial charge < -0.3 is 10.8 Å². The molecule has 66 valence electrons. The van der Waals surface area contributed by atoms with Crippen LogP contribution in [0.15, 0.2) is 0 Å². The van der Waals surface area contributed by atoms with Crippen molar-refractivity contribution >= 4 is 5.78 Å². The first-order chi connectivity index (χ1) is 5.00. The summed E-state index contributed by atoms with van der Waals surface area (Å²) in [4.78, 5) is 11.0. The molecule has 3 nitrogen and oxygen atoms in total. The molecule has 0 aliphatic rings. The third kappa shape index (κ3) is 2.99. The molecule has 0 radical (unpaired) electrons. The molecule has 0 bridgehead atoms. The Labute approximate surface area is 67.6 Å². The fraction of sp³-hybridized carbons (Fsp3) is 0.875. The van der Waals surface area contributed by atoms with Gasteiger partial charge in [-0.25, -0.2) is 0 Å². The van der Waals surface area contributed by atoms with Gasteiger partial charge in [0.2, 0.25) is 0 Å². The fourth-order valence-electron chi connectivity index (χ4n) is 1.33. The number of hydrogen-bond donors (Lipinski definition) is 2. The summed E-state index contributed by atoms with van der Waals surface area (Å²) >= 11 is 0. The molecule has 0 aromatic rings. The van der Waals surface area contributed by atoms with Crippen molar-refractivity contribution in [2.75, 3.05) is 6.54 Å². The predicted molar refractivity (Wildman–Crippen MR) is 44.1 cm³/mol. The Bertz CT molecular complexity index is 134. The zero-order chi connectivity index (χ0) is 9.02. The van der Waals surface area contributed by atoms with Crippen LogP contribution >= 0.6 is 0 Å². The lowest BCUT2D eigenvalue weighted by Crippen LogP contribution is -2.36. The molecule has 0 heterocycles. The zero-order valence-corrected chi connectivity index (χ0v) is 7.37. The van der Waals surface area contributed by atoms with Crippen molar-refractivity contribution in [1.29, 1.82) is 0 Å². The van der Waals surface area contributed by atoms with Gasteiger partial charge in [-0.3, -0.25) is 4.79 Å². The minimum Gasteiger partial charge on any atom is -0.391 e. The van der Waals surface area contributed by atoms with Crippen molar-refractivity contribution in [2.45, 2.75) is 26.9 Å². The van der Waals surface area contributed by atoms with Crippen LogP contribution in [0.25, 0.3) is 0 Å². The van der Waals surface area contributed by atoms with Crippen LogP contribution in [-0.2, 0) is 4.79 Å². The predicted octanol–water partition coefficient (Wildman–Crippen LogP) is 0.167. The van der Waals surface area contributed by atoms with E-state index in [1.165, 1.54) is 6.92 Å². The van der Waals surface area contributed by atoms with E-state index in [9.17, 15) is 9.90 Å². The van der Waals surface area contributed by atoms with E-state index in [0.29, 0.717) is 0 Å². The van der Waals surface area contributed by atoms with Crippen molar-refractivity contribution in [3.63, 3.8) is 0 Å². The summed E-state index contributed by atoms with van der Waals surface area (Å²) < 4.78 is 0. The van der Waals surface area contributed by atoms with Gasteiger partial charge in [0.15, 0.2) is 0 Å². The summed E-state index contributed by atoms with van der Waals surface area (Å²) in [6.45, 7) is 5.46. The van der Waals surface area contributed by atoms with E-state index in [0.717, 1.165) is 0 Å². The first-order valence-corrected chi connectivity index (χ1v) is 3.89. The summed E-state index contributed by atoms with van der Waals surface area (Å²) in [5, 5.41) is 9.31. The first-order valence-electron chi connectivity index (χ1n) is 3.89. The Morgan fingerprint density at radius 2 is 2.00 bits per heavy atom. The number of hydrogen-bond acceptors (Lipinski definition) is 3. The molecule has 0 aromatic heterocycles. The topological polar surface area (TPSA) is 63.3 Å². The summed E-state index contributed by atoms with van der Waals surface area (Å²) in [6.07, 6.45) is -0.688. The molecule has 0 aromatic carbocycles. The molecule has 0 spiro atoms. The van der Waals surface area contributed by atoms with Crippen LogP contribution < -0.4 is 5.73 Å². The van der Waals surface area contributed by atoms with Gasteiger partial charge in [0.25, 0.3) is 0 Å². The largest absolute Gasteiger partial charge is 0.391 e. The lowest BCUT2D eigenvalue weighted by Gasteiger charge is -2.22. The minimum absolute atomic E-state index is 0.0120. The number of rotatable bonds is 4. The second-order valence-corrected chi connectivity index (χ2v) is 3.18. The van der Waals surface area contributed by atoms with Crippen molar-refractivity contribution in [3.8, 4) is 0 Å². The van der Waals surface area contributed by atoms with Gasteiger partial charge in [-0.05, 0) is 12.8 Å². The zero-order valence-electron chi connectivity index (χ0n) is 7.37. The molecule has 0 amide bonds. The van der Waals surface area contributed by atoms with E-state index < -0.39 is 6.10 Å². The van der Waals surface area contributed by atoms with Gasteiger partial charge in [-0.15, -0.1) is 0 Å². The molecule has 0 aliphatic heterocycles. The fourth-order valence-corrected chi connectivity index (χ4v) is 1.33. The number of aliphatic hydroxyl groups is 1. The lowest BCUT2D eigenvalue weighted by molar-refractivity contribution is -0.125. The highest BCUT2D eigenvalue weighted by Gasteiger charge is 2.25. The van der Waals surface area contributed by atoms with E-state index in [1.807, 2.05) is 13.8 Å². The van der Waals surface area contributed by atoms with E-state index in [2.05, 4.69) is 0 Å². The maximum absolute atomic E-state index is 11.0. The molecule has 0 aliphatic carbocycles. The van der Waals surface area contributed by atoms with Crippen molar-refractivity contribution in [1.82, 2.24) is 0 Å². The Morgan fingerprint density at radius 3 is 2.09 bits per heavy atom. The highest BCUT2D eigenvalue weighted by molar-refractivity contribution is 5.79. The number of carbonyl (C=O) groups is 1. The van der Waals surface area contributed by atoms with E-state index in [4.69, 9.17) is 5.73 Å². The lowest BCUT2D eigenvalue weighted by atomic mass is 9.87. The quantitative estimate of drug-likeness (QED) is 0.614. The van der Waals surface area contributed by atoms with Gasteiger partial charge in [-0.1, -0.05) is 13.8 Å². The van der Waals surface area contributed by atoms with Crippen LogP contribution in [0.4, 0.5) is 0 Å². The van der Waals surface area contributed by atoms with Crippen LogP contribution in [0, 0.1) is 11.8 Å². The molecule has 11 heavy (non-hydrogen) atoms. The maximum atomic E-state index is 11.0. The number of nitrogens with two attached hydrogens (primary N) is 1. The minimum atomic E-state index is -0.688.